The predicted molar refractivity (Wildman–Crippen MR) is 121 cm³/mol. The molecule has 0 unspecified atom stereocenters. The number of rotatable bonds is 7. The summed E-state index contributed by atoms with van der Waals surface area (Å²) < 4.78 is 5.64. The smallest absolute Gasteiger partial charge is 0.308 e. The van der Waals surface area contributed by atoms with Crippen molar-refractivity contribution in [3.63, 3.8) is 0 Å². The van der Waals surface area contributed by atoms with Crippen LogP contribution in [0.4, 0.5) is 0 Å². The highest BCUT2D eigenvalue weighted by Crippen LogP contribution is 2.39. The third-order valence-corrected chi connectivity index (χ3v) is 12.1. The van der Waals surface area contributed by atoms with Crippen molar-refractivity contribution < 1.29 is 9.53 Å². The van der Waals surface area contributed by atoms with E-state index in [1.165, 1.54) is 42.2 Å². The van der Waals surface area contributed by atoms with Crippen LogP contribution in [0.25, 0.3) is 0 Å². The van der Waals surface area contributed by atoms with Gasteiger partial charge in [-0.05, 0) is 34.4 Å². The first kappa shape index (κ1) is 23.9. The number of hydrogen-bond acceptors (Lipinski definition) is 2. The van der Waals surface area contributed by atoms with Crippen LogP contribution in [0.15, 0.2) is 12.1 Å². The van der Waals surface area contributed by atoms with Crippen molar-refractivity contribution in [2.75, 3.05) is 0 Å². The van der Waals surface area contributed by atoms with Crippen molar-refractivity contribution >= 4 is 14.0 Å². The molecule has 0 aliphatic heterocycles. The van der Waals surface area contributed by atoms with Gasteiger partial charge in [0.15, 0.2) is 0 Å². The molecule has 0 bridgehead atoms. The summed E-state index contributed by atoms with van der Waals surface area (Å²) in [5, 5.41) is 0. The minimum Gasteiger partial charge on any atom is -0.426 e. The summed E-state index contributed by atoms with van der Waals surface area (Å²) in [6, 6.07) is 9.91. The largest absolute Gasteiger partial charge is 0.426 e. The molecule has 1 aromatic carbocycles. The highest BCUT2D eigenvalue weighted by molar-refractivity contribution is 6.79. The number of ether oxygens (including phenoxy) is 1. The Labute approximate surface area is 169 Å². The van der Waals surface area contributed by atoms with Crippen LogP contribution in [0.1, 0.15) is 85.9 Å². The quantitative estimate of drug-likeness (QED) is 0.278. The molecule has 0 aliphatic carbocycles. The maximum absolute atomic E-state index is 11.7. The van der Waals surface area contributed by atoms with E-state index in [1.807, 2.05) is 0 Å². The van der Waals surface area contributed by atoms with Gasteiger partial charge in [0, 0.05) is 12.5 Å². The van der Waals surface area contributed by atoms with Gasteiger partial charge in [0.2, 0.25) is 0 Å². The number of aryl methyl sites for hydroxylation is 1. The Bertz CT molecular complexity index is 635. The molecule has 0 heterocycles. The average molecular weight is 391 g/mol. The van der Waals surface area contributed by atoms with Crippen molar-refractivity contribution in [1.82, 2.24) is 0 Å². The molecule has 1 aromatic rings. The first-order valence-electron chi connectivity index (χ1n) is 10.7. The van der Waals surface area contributed by atoms with Crippen LogP contribution >= 0.6 is 0 Å². The zero-order valence-electron chi connectivity index (χ0n) is 19.5. The molecule has 0 saturated carbocycles. The van der Waals surface area contributed by atoms with Gasteiger partial charge < -0.3 is 4.74 Å². The first-order chi connectivity index (χ1) is 12.3. The third kappa shape index (κ3) is 6.20. The van der Waals surface area contributed by atoms with E-state index >= 15 is 0 Å². The van der Waals surface area contributed by atoms with Gasteiger partial charge in [-0.1, -0.05) is 92.6 Å². The molecule has 27 heavy (non-hydrogen) atoms. The molecule has 0 atom stereocenters. The van der Waals surface area contributed by atoms with Gasteiger partial charge in [-0.2, -0.15) is 0 Å². The Morgan fingerprint density at radius 3 is 1.74 bits per heavy atom. The fourth-order valence-corrected chi connectivity index (χ4v) is 7.40. The second kappa shape index (κ2) is 8.94. The molecule has 0 N–H and O–H groups in total. The second-order valence-corrected chi connectivity index (χ2v) is 15.8. The van der Waals surface area contributed by atoms with E-state index in [0.717, 1.165) is 17.7 Å². The van der Waals surface area contributed by atoms with Gasteiger partial charge in [-0.15, -0.1) is 0 Å². The molecular weight excluding hydrogens is 348 g/mol. The van der Waals surface area contributed by atoms with Crippen LogP contribution in [0.5, 0.6) is 5.75 Å². The molecule has 0 saturated heterocycles. The van der Waals surface area contributed by atoms with Crippen LogP contribution in [-0.2, 0) is 22.0 Å². The van der Waals surface area contributed by atoms with Crippen molar-refractivity contribution in [1.29, 1.82) is 0 Å². The number of benzene rings is 1. The lowest BCUT2D eigenvalue weighted by Gasteiger charge is -2.32. The molecular formula is C24H42O2Si. The lowest BCUT2D eigenvalue weighted by atomic mass is 9.78. The summed E-state index contributed by atoms with van der Waals surface area (Å²) in [5.74, 6) is 0.483. The summed E-state index contributed by atoms with van der Waals surface area (Å²) in [4.78, 5) is 11.7. The first-order valence-corrected chi connectivity index (χ1v) is 13.5. The molecule has 0 spiro atoms. The van der Waals surface area contributed by atoms with Gasteiger partial charge in [-0.25, -0.2) is 0 Å². The van der Waals surface area contributed by atoms with E-state index < -0.39 is 8.07 Å². The second-order valence-electron chi connectivity index (χ2n) is 10.2. The Morgan fingerprint density at radius 2 is 1.37 bits per heavy atom. The van der Waals surface area contributed by atoms with E-state index in [-0.39, 0.29) is 16.8 Å². The number of esters is 1. The molecule has 0 aliphatic rings. The molecule has 2 nitrogen and oxygen atoms in total. The summed E-state index contributed by atoms with van der Waals surface area (Å²) >= 11 is 0. The highest BCUT2D eigenvalue weighted by Gasteiger charge is 2.30. The van der Waals surface area contributed by atoms with Crippen LogP contribution in [0, 0.1) is 0 Å². The molecule has 0 fully saturated rings. The average Bonchev–Trinajstić information content (AvgIpc) is 2.54. The van der Waals surface area contributed by atoms with Crippen molar-refractivity contribution in [2.24, 2.45) is 0 Å². The van der Waals surface area contributed by atoms with Gasteiger partial charge in [0.25, 0.3) is 0 Å². The van der Waals surface area contributed by atoms with E-state index in [1.54, 1.807) is 0 Å². The maximum atomic E-state index is 11.7. The fourth-order valence-electron chi connectivity index (χ4n) is 4.04. The zero-order chi connectivity index (χ0) is 21.0. The Hall–Kier alpha value is -1.09. The summed E-state index contributed by atoms with van der Waals surface area (Å²) in [6.07, 6.45) is 1.14. The third-order valence-electron chi connectivity index (χ3n) is 6.25. The van der Waals surface area contributed by atoms with Gasteiger partial charge in [0.05, 0.1) is 8.07 Å². The predicted octanol–water partition coefficient (Wildman–Crippen LogP) is 7.26. The van der Waals surface area contributed by atoms with Crippen molar-refractivity contribution in [3.8, 4) is 5.75 Å². The van der Waals surface area contributed by atoms with Crippen molar-refractivity contribution in [3.05, 3.63) is 28.8 Å². The Kier molecular flexibility index (Phi) is 7.93. The standard InChI is InChI=1S/C24H42O2Si/c1-11-27(12-2,13-3)15-14-19-16-21(24(8,9)10)22(26-18(4)25)17-20(19)23(5,6)7/h16-17H,11-15H2,1-10H3. The summed E-state index contributed by atoms with van der Waals surface area (Å²) in [7, 11) is -1.17. The minimum atomic E-state index is -1.17. The lowest BCUT2D eigenvalue weighted by Crippen LogP contribution is -2.32. The topological polar surface area (TPSA) is 26.3 Å². The molecule has 0 amide bonds. The summed E-state index contributed by atoms with van der Waals surface area (Å²) in [5.41, 5.74) is 3.85. The monoisotopic (exact) mass is 390 g/mol. The normalized spacial score (nSPS) is 13.0. The minimum absolute atomic E-state index is 0.0233. The van der Waals surface area contributed by atoms with Gasteiger partial charge >= 0.3 is 5.97 Å². The summed E-state index contributed by atoms with van der Waals surface area (Å²) in [6.45, 7) is 22.0. The Balaban J connectivity index is 3.50. The van der Waals surface area contributed by atoms with E-state index in [0.29, 0.717) is 0 Å². The Morgan fingerprint density at radius 1 is 0.889 bits per heavy atom. The molecule has 1 rings (SSSR count). The van der Waals surface area contributed by atoms with Gasteiger partial charge in [0.1, 0.15) is 5.75 Å². The number of carbonyl (C=O) groups excluding carboxylic acids is 1. The van der Waals surface area contributed by atoms with Crippen LogP contribution in [-0.4, -0.2) is 14.0 Å². The zero-order valence-corrected chi connectivity index (χ0v) is 20.5. The molecule has 3 heteroatoms. The van der Waals surface area contributed by atoms with E-state index in [2.05, 4.69) is 74.4 Å². The SMILES string of the molecule is CC[Si](CC)(CC)CCc1cc(C(C)(C)C)c(OC(C)=O)cc1C(C)(C)C. The van der Waals surface area contributed by atoms with Crippen molar-refractivity contribution in [2.45, 2.75) is 111 Å². The highest BCUT2D eigenvalue weighted by atomic mass is 28.3. The van der Waals surface area contributed by atoms with E-state index in [4.69, 9.17) is 4.74 Å². The van der Waals surface area contributed by atoms with Gasteiger partial charge in [-0.3, -0.25) is 4.79 Å². The molecule has 154 valence electrons. The lowest BCUT2D eigenvalue weighted by molar-refractivity contribution is -0.131. The maximum Gasteiger partial charge on any atom is 0.308 e. The molecule has 0 aromatic heterocycles. The fraction of sp³-hybridized carbons (Fsp3) is 0.708. The molecule has 0 radical (unpaired) electrons. The van der Waals surface area contributed by atoms with Crippen LogP contribution < -0.4 is 4.74 Å². The van der Waals surface area contributed by atoms with E-state index in [9.17, 15) is 4.79 Å². The number of carbonyl (C=O) groups is 1. The number of hydrogen-bond donors (Lipinski definition) is 0. The van der Waals surface area contributed by atoms with Crippen LogP contribution in [0.3, 0.4) is 0 Å². The van der Waals surface area contributed by atoms with Crippen LogP contribution in [0.2, 0.25) is 24.2 Å².